The fourth-order valence-corrected chi connectivity index (χ4v) is 4.76. The number of ether oxygens (including phenoxy) is 1. The van der Waals surface area contributed by atoms with Crippen molar-refractivity contribution < 1.29 is 9.16 Å². The quantitative estimate of drug-likeness (QED) is 0.694. The van der Waals surface area contributed by atoms with Crippen LogP contribution in [0, 0.1) is 5.92 Å². The first-order valence-electron chi connectivity index (χ1n) is 7.27. The molecule has 3 heteroatoms. The van der Waals surface area contributed by atoms with Crippen molar-refractivity contribution in [2.24, 2.45) is 5.92 Å². The zero-order valence-corrected chi connectivity index (χ0v) is 14.4. The van der Waals surface area contributed by atoms with Crippen LogP contribution in [0.3, 0.4) is 0 Å². The van der Waals surface area contributed by atoms with E-state index in [-0.39, 0.29) is 16.2 Å². The first-order valence-corrected chi connectivity index (χ1v) is 10.2. The molecule has 0 spiro atoms. The Morgan fingerprint density at radius 3 is 2.06 bits per heavy atom. The highest BCUT2D eigenvalue weighted by atomic mass is 28.4. The fourth-order valence-electron chi connectivity index (χ4n) is 3.36. The highest BCUT2D eigenvalue weighted by Gasteiger charge is 2.62. The molecule has 1 aliphatic carbocycles. The van der Waals surface area contributed by atoms with Gasteiger partial charge < -0.3 is 9.16 Å². The third kappa shape index (κ3) is 2.08. The minimum absolute atomic E-state index is 0.0139. The standard InChI is InChI=1S/C15H30O2Si/c1-13(2,3)18(7,8)16-12-11-9-10-15(12,6)17-14(11,4)5/h11-12H,9-10H2,1-8H3/t11-,12?,15+/m0/s1. The predicted molar refractivity (Wildman–Crippen MR) is 78.4 cm³/mol. The molecule has 106 valence electrons. The average molecular weight is 270 g/mol. The molecule has 18 heavy (non-hydrogen) atoms. The zero-order chi connectivity index (χ0) is 14.0. The van der Waals surface area contributed by atoms with Gasteiger partial charge >= 0.3 is 0 Å². The van der Waals surface area contributed by atoms with Crippen LogP contribution in [-0.2, 0) is 9.16 Å². The minimum Gasteiger partial charge on any atom is -0.411 e. The molecule has 3 atom stereocenters. The number of fused-ring (bicyclic) bond motifs is 2. The predicted octanol–water partition coefficient (Wildman–Crippen LogP) is 4.35. The molecule has 1 saturated heterocycles. The van der Waals surface area contributed by atoms with E-state index < -0.39 is 8.32 Å². The third-order valence-corrected chi connectivity index (χ3v) is 9.99. The van der Waals surface area contributed by atoms with Crippen LogP contribution in [0.4, 0.5) is 0 Å². The molecular weight excluding hydrogens is 240 g/mol. The summed E-state index contributed by atoms with van der Waals surface area (Å²) in [5.74, 6) is 0.566. The minimum atomic E-state index is -1.70. The Balaban J connectivity index is 2.21. The molecule has 2 bridgehead atoms. The van der Waals surface area contributed by atoms with Gasteiger partial charge in [0.15, 0.2) is 8.32 Å². The summed E-state index contributed by atoms with van der Waals surface area (Å²) in [6, 6.07) is 0. The van der Waals surface area contributed by atoms with Gasteiger partial charge in [0.25, 0.3) is 0 Å². The lowest BCUT2D eigenvalue weighted by atomic mass is 9.89. The third-order valence-electron chi connectivity index (χ3n) is 5.54. The van der Waals surface area contributed by atoms with Crippen molar-refractivity contribution in [2.75, 3.05) is 0 Å². The molecule has 1 saturated carbocycles. The van der Waals surface area contributed by atoms with Crippen LogP contribution in [0.1, 0.15) is 54.4 Å². The van der Waals surface area contributed by atoms with Crippen molar-refractivity contribution in [3.05, 3.63) is 0 Å². The van der Waals surface area contributed by atoms with Crippen molar-refractivity contribution in [1.82, 2.24) is 0 Å². The Morgan fingerprint density at radius 2 is 1.72 bits per heavy atom. The number of hydrogen-bond donors (Lipinski definition) is 0. The Labute approximate surface area is 114 Å². The van der Waals surface area contributed by atoms with E-state index >= 15 is 0 Å². The highest BCUT2D eigenvalue weighted by Crippen LogP contribution is 2.56. The van der Waals surface area contributed by atoms with Crippen molar-refractivity contribution in [3.63, 3.8) is 0 Å². The maximum Gasteiger partial charge on any atom is 0.192 e. The second-order valence-electron chi connectivity index (χ2n) is 8.46. The molecule has 1 unspecified atom stereocenters. The summed E-state index contributed by atoms with van der Waals surface area (Å²) >= 11 is 0. The normalized spacial score (nSPS) is 39.3. The first-order chi connectivity index (χ1) is 7.89. The Hall–Kier alpha value is 0.137. The summed E-state index contributed by atoms with van der Waals surface area (Å²) < 4.78 is 13.0. The van der Waals surface area contributed by atoms with Crippen LogP contribution >= 0.6 is 0 Å². The van der Waals surface area contributed by atoms with E-state index in [1.54, 1.807) is 0 Å². The summed E-state index contributed by atoms with van der Waals surface area (Å²) in [5.41, 5.74) is -0.0658. The summed E-state index contributed by atoms with van der Waals surface area (Å²) in [4.78, 5) is 0. The number of rotatable bonds is 2. The van der Waals surface area contributed by atoms with Gasteiger partial charge in [0.2, 0.25) is 0 Å². The van der Waals surface area contributed by atoms with Crippen molar-refractivity contribution in [3.8, 4) is 0 Å². The van der Waals surface area contributed by atoms with Gasteiger partial charge in [-0.3, -0.25) is 0 Å². The first kappa shape index (κ1) is 14.5. The molecule has 2 fully saturated rings. The van der Waals surface area contributed by atoms with Gasteiger partial charge in [-0.2, -0.15) is 0 Å². The average Bonchev–Trinajstić information content (AvgIpc) is 2.48. The maximum atomic E-state index is 6.70. The lowest BCUT2D eigenvalue weighted by molar-refractivity contribution is -0.119. The van der Waals surface area contributed by atoms with E-state index in [1.807, 2.05) is 0 Å². The SMILES string of the molecule is CC1(C)O[C@]2(C)CC[C@H]1C2O[Si](C)(C)C(C)(C)C. The second-order valence-corrected chi connectivity index (χ2v) is 13.2. The van der Waals surface area contributed by atoms with E-state index in [0.717, 1.165) is 6.42 Å². The van der Waals surface area contributed by atoms with Crippen molar-refractivity contribution >= 4 is 8.32 Å². The fraction of sp³-hybridized carbons (Fsp3) is 1.00. The monoisotopic (exact) mass is 270 g/mol. The van der Waals surface area contributed by atoms with Crippen molar-refractivity contribution in [1.29, 1.82) is 0 Å². The van der Waals surface area contributed by atoms with Crippen LogP contribution in [0.15, 0.2) is 0 Å². The van der Waals surface area contributed by atoms with Gasteiger partial charge in [-0.15, -0.1) is 0 Å². The molecule has 1 aliphatic heterocycles. The smallest absolute Gasteiger partial charge is 0.192 e. The van der Waals surface area contributed by atoms with Gasteiger partial charge in [0.1, 0.15) is 0 Å². The van der Waals surface area contributed by atoms with Crippen LogP contribution < -0.4 is 0 Å². The maximum absolute atomic E-state index is 6.70. The molecule has 0 aromatic carbocycles. The molecule has 1 heterocycles. The summed E-state index contributed by atoms with van der Waals surface area (Å²) in [7, 11) is -1.70. The van der Waals surface area contributed by atoms with E-state index in [2.05, 4.69) is 54.6 Å². The van der Waals surface area contributed by atoms with Gasteiger partial charge in [0.05, 0.1) is 17.3 Å². The van der Waals surface area contributed by atoms with E-state index in [9.17, 15) is 0 Å². The molecule has 2 nitrogen and oxygen atoms in total. The van der Waals surface area contributed by atoms with Crippen LogP contribution in [-0.4, -0.2) is 25.6 Å². The summed E-state index contributed by atoms with van der Waals surface area (Å²) in [6.45, 7) is 18.3. The highest BCUT2D eigenvalue weighted by molar-refractivity contribution is 6.74. The molecule has 2 rings (SSSR count). The summed E-state index contributed by atoms with van der Waals surface area (Å²) in [5, 5.41) is 0.273. The van der Waals surface area contributed by atoms with E-state index in [0.29, 0.717) is 12.0 Å². The van der Waals surface area contributed by atoms with Crippen LogP contribution in [0.25, 0.3) is 0 Å². The van der Waals surface area contributed by atoms with E-state index in [1.165, 1.54) is 6.42 Å². The Morgan fingerprint density at radius 1 is 1.17 bits per heavy atom. The van der Waals surface area contributed by atoms with Crippen LogP contribution in [0.5, 0.6) is 0 Å². The van der Waals surface area contributed by atoms with E-state index in [4.69, 9.17) is 9.16 Å². The molecule has 0 amide bonds. The second kappa shape index (κ2) is 3.83. The molecule has 0 N–H and O–H groups in total. The molecule has 0 radical (unpaired) electrons. The van der Waals surface area contributed by atoms with Crippen LogP contribution in [0.2, 0.25) is 18.1 Å². The molecular formula is C15H30O2Si. The summed E-state index contributed by atoms with van der Waals surface area (Å²) in [6.07, 6.45) is 2.71. The lowest BCUT2D eigenvalue weighted by Gasteiger charge is -2.41. The molecule has 2 aliphatic rings. The Kier molecular flexibility index (Phi) is 3.09. The largest absolute Gasteiger partial charge is 0.411 e. The molecule has 0 aromatic rings. The number of hydrogen-bond acceptors (Lipinski definition) is 2. The van der Waals surface area contributed by atoms with Gasteiger partial charge in [-0.1, -0.05) is 20.8 Å². The zero-order valence-electron chi connectivity index (χ0n) is 13.4. The Bertz CT molecular complexity index is 343. The van der Waals surface area contributed by atoms with Crippen molar-refractivity contribution in [2.45, 2.75) is 89.8 Å². The lowest BCUT2D eigenvalue weighted by Crippen LogP contribution is -2.48. The van der Waals surface area contributed by atoms with Gasteiger partial charge in [-0.05, 0) is 51.7 Å². The molecule has 0 aromatic heterocycles. The van der Waals surface area contributed by atoms with Gasteiger partial charge in [-0.25, -0.2) is 0 Å². The van der Waals surface area contributed by atoms with Gasteiger partial charge in [0, 0.05) is 5.92 Å². The topological polar surface area (TPSA) is 18.5 Å².